The van der Waals surface area contributed by atoms with E-state index >= 15 is 0 Å². The zero-order chi connectivity index (χ0) is 19.6. The first-order valence-corrected chi connectivity index (χ1v) is 8.23. The number of benzene rings is 2. The zero-order valence-electron chi connectivity index (χ0n) is 14.2. The molecular formula is C19H14ClFN2O4. The minimum Gasteiger partial charge on any atom is -0.495 e. The molecule has 0 unspecified atom stereocenters. The summed E-state index contributed by atoms with van der Waals surface area (Å²) >= 11 is 5.97. The Morgan fingerprint density at radius 1 is 1.07 bits per heavy atom. The molecule has 0 saturated carbocycles. The number of ether oxygens (including phenoxy) is 1. The van der Waals surface area contributed by atoms with Crippen molar-refractivity contribution >= 4 is 17.4 Å². The second-order valence-electron chi connectivity index (χ2n) is 5.65. The molecule has 3 aromatic rings. The van der Waals surface area contributed by atoms with Gasteiger partial charge in [-0.05, 0) is 42.5 Å². The number of Topliss-reactive ketones (excluding diaryl/α,β-unsaturated/α-hetero) is 1. The molecule has 27 heavy (non-hydrogen) atoms. The van der Waals surface area contributed by atoms with Crippen LogP contribution in [0, 0.1) is 5.82 Å². The maximum Gasteiger partial charge on any atom is 0.321 e. The van der Waals surface area contributed by atoms with Crippen molar-refractivity contribution in [1.29, 1.82) is 0 Å². The molecular weight excluding hydrogens is 375 g/mol. The van der Waals surface area contributed by atoms with Crippen molar-refractivity contribution in [1.82, 2.24) is 9.13 Å². The lowest BCUT2D eigenvalue weighted by atomic mass is 10.1. The fourth-order valence-electron chi connectivity index (χ4n) is 2.56. The molecule has 0 aliphatic heterocycles. The summed E-state index contributed by atoms with van der Waals surface area (Å²) in [5, 5.41) is 0.369. The van der Waals surface area contributed by atoms with Gasteiger partial charge in [-0.15, -0.1) is 0 Å². The number of aromatic nitrogens is 2. The lowest BCUT2D eigenvalue weighted by Gasteiger charge is -2.12. The van der Waals surface area contributed by atoms with Crippen molar-refractivity contribution in [2.24, 2.45) is 0 Å². The monoisotopic (exact) mass is 388 g/mol. The molecule has 2 aromatic carbocycles. The van der Waals surface area contributed by atoms with Crippen LogP contribution in [0.2, 0.25) is 5.02 Å². The highest BCUT2D eigenvalue weighted by molar-refractivity contribution is 6.30. The van der Waals surface area contributed by atoms with E-state index in [4.69, 9.17) is 16.3 Å². The van der Waals surface area contributed by atoms with E-state index in [0.29, 0.717) is 16.5 Å². The first-order chi connectivity index (χ1) is 12.9. The highest BCUT2D eigenvalue weighted by Gasteiger charge is 2.14. The summed E-state index contributed by atoms with van der Waals surface area (Å²) in [5.41, 5.74) is -1.19. The molecule has 0 amide bonds. The number of hydrogen-bond donors (Lipinski definition) is 0. The van der Waals surface area contributed by atoms with Crippen LogP contribution in [0.25, 0.3) is 5.69 Å². The largest absolute Gasteiger partial charge is 0.495 e. The van der Waals surface area contributed by atoms with Crippen LogP contribution in [0.15, 0.2) is 64.4 Å². The molecule has 0 fully saturated rings. The number of nitrogens with zero attached hydrogens (tertiary/aromatic N) is 2. The SMILES string of the molecule is COc1ccc(Cl)cc1-n1ccn(CC(=O)c2ccc(F)cc2)c(=O)c1=O. The van der Waals surface area contributed by atoms with Crippen LogP contribution in [0.3, 0.4) is 0 Å². The zero-order valence-corrected chi connectivity index (χ0v) is 14.9. The second kappa shape index (κ2) is 7.59. The Kier molecular flexibility index (Phi) is 5.23. The van der Waals surface area contributed by atoms with Crippen LogP contribution in [-0.4, -0.2) is 22.0 Å². The third-order valence-electron chi connectivity index (χ3n) is 3.94. The van der Waals surface area contributed by atoms with Gasteiger partial charge in [-0.3, -0.25) is 19.0 Å². The van der Waals surface area contributed by atoms with E-state index in [9.17, 15) is 18.8 Å². The van der Waals surface area contributed by atoms with Crippen molar-refractivity contribution in [3.63, 3.8) is 0 Å². The molecule has 1 aromatic heterocycles. The predicted molar refractivity (Wildman–Crippen MR) is 98.6 cm³/mol. The lowest BCUT2D eigenvalue weighted by Crippen LogP contribution is -2.41. The smallest absolute Gasteiger partial charge is 0.321 e. The molecule has 0 radical (unpaired) electrons. The molecule has 138 valence electrons. The highest BCUT2D eigenvalue weighted by atomic mass is 35.5. The quantitative estimate of drug-likeness (QED) is 0.497. The van der Waals surface area contributed by atoms with Crippen molar-refractivity contribution in [3.8, 4) is 11.4 Å². The van der Waals surface area contributed by atoms with Gasteiger partial charge in [0.2, 0.25) is 0 Å². The van der Waals surface area contributed by atoms with Gasteiger partial charge in [0.15, 0.2) is 5.78 Å². The summed E-state index contributed by atoms with van der Waals surface area (Å²) in [4.78, 5) is 37.2. The topological polar surface area (TPSA) is 70.3 Å². The summed E-state index contributed by atoms with van der Waals surface area (Å²) in [6.45, 7) is -0.340. The van der Waals surface area contributed by atoms with Gasteiger partial charge in [0.1, 0.15) is 11.6 Å². The minimum atomic E-state index is -0.880. The van der Waals surface area contributed by atoms with E-state index in [1.165, 1.54) is 37.7 Å². The van der Waals surface area contributed by atoms with E-state index in [1.54, 1.807) is 12.1 Å². The van der Waals surface area contributed by atoms with Crippen molar-refractivity contribution < 1.29 is 13.9 Å². The number of carbonyl (C=O) groups excluding carboxylic acids is 1. The summed E-state index contributed by atoms with van der Waals surface area (Å²) in [5.74, 6) is -0.530. The molecule has 0 atom stereocenters. The Morgan fingerprint density at radius 2 is 1.78 bits per heavy atom. The summed E-state index contributed by atoms with van der Waals surface area (Å²) in [6, 6.07) is 9.61. The van der Waals surface area contributed by atoms with E-state index in [1.807, 2.05) is 0 Å². The van der Waals surface area contributed by atoms with Gasteiger partial charge in [-0.25, -0.2) is 4.39 Å². The van der Waals surface area contributed by atoms with Gasteiger partial charge >= 0.3 is 11.1 Å². The molecule has 6 nitrogen and oxygen atoms in total. The van der Waals surface area contributed by atoms with Crippen molar-refractivity contribution in [2.45, 2.75) is 6.54 Å². The second-order valence-corrected chi connectivity index (χ2v) is 6.09. The third-order valence-corrected chi connectivity index (χ3v) is 4.17. The van der Waals surface area contributed by atoms with Gasteiger partial charge < -0.3 is 9.30 Å². The number of methoxy groups -OCH3 is 1. The Morgan fingerprint density at radius 3 is 2.44 bits per heavy atom. The molecule has 0 aliphatic carbocycles. The fourth-order valence-corrected chi connectivity index (χ4v) is 2.72. The Balaban J connectivity index is 1.98. The van der Waals surface area contributed by atoms with E-state index in [0.717, 1.165) is 21.3 Å². The van der Waals surface area contributed by atoms with Crippen LogP contribution in [0.1, 0.15) is 10.4 Å². The van der Waals surface area contributed by atoms with Crippen LogP contribution in [0.5, 0.6) is 5.75 Å². The Labute approximate surface area is 158 Å². The number of carbonyl (C=O) groups is 1. The van der Waals surface area contributed by atoms with Crippen LogP contribution >= 0.6 is 11.6 Å². The van der Waals surface area contributed by atoms with Crippen LogP contribution < -0.4 is 15.9 Å². The molecule has 0 aliphatic rings. The van der Waals surface area contributed by atoms with Crippen molar-refractivity contribution in [3.05, 3.63) is 92.0 Å². The molecule has 0 spiro atoms. The van der Waals surface area contributed by atoms with E-state index in [-0.39, 0.29) is 12.1 Å². The van der Waals surface area contributed by atoms with Gasteiger partial charge in [0.05, 0.1) is 19.3 Å². The average Bonchev–Trinajstić information content (AvgIpc) is 2.66. The molecule has 0 saturated heterocycles. The number of rotatable bonds is 5. The van der Waals surface area contributed by atoms with Gasteiger partial charge in [-0.2, -0.15) is 0 Å². The number of halogens is 2. The number of ketones is 1. The maximum absolute atomic E-state index is 13.0. The third kappa shape index (κ3) is 3.83. The van der Waals surface area contributed by atoms with Gasteiger partial charge in [-0.1, -0.05) is 11.6 Å². The van der Waals surface area contributed by atoms with Crippen molar-refractivity contribution in [2.75, 3.05) is 7.11 Å². The Hall–Kier alpha value is -3.19. The Bertz CT molecular complexity index is 1120. The van der Waals surface area contributed by atoms with Crippen LogP contribution in [0.4, 0.5) is 4.39 Å². The first kappa shape index (κ1) is 18.6. The van der Waals surface area contributed by atoms with Gasteiger partial charge in [0, 0.05) is 23.0 Å². The minimum absolute atomic E-state index is 0.240. The standard InChI is InChI=1S/C19H14ClFN2O4/c1-27-17-7-4-13(20)10-15(17)23-9-8-22(18(25)19(23)26)11-16(24)12-2-5-14(21)6-3-12/h2-10H,11H2,1H3. The van der Waals surface area contributed by atoms with Crippen LogP contribution in [-0.2, 0) is 6.54 Å². The highest BCUT2D eigenvalue weighted by Crippen LogP contribution is 2.24. The average molecular weight is 389 g/mol. The first-order valence-electron chi connectivity index (χ1n) is 7.85. The van der Waals surface area contributed by atoms with E-state index in [2.05, 4.69) is 0 Å². The summed E-state index contributed by atoms with van der Waals surface area (Å²) in [6.07, 6.45) is 2.68. The molecule has 0 N–H and O–H groups in total. The lowest BCUT2D eigenvalue weighted by molar-refractivity contribution is 0.0970. The summed E-state index contributed by atoms with van der Waals surface area (Å²) in [7, 11) is 1.43. The molecule has 3 rings (SSSR count). The molecule has 0 bridgehead atoms. The fraction of sp³-hybridized carbons (Fsp3) is 0.105. The van der Waals surface area contributed by atoms with E-state index < -0.39 is 22.7 Å². The molecule has 1 heterocycles. The normalized spacial score (nSPS) is 10.6. The summed E-state index contributed by atoms with van der Waals surface area (Å²) < 4.78 is 20.3. The number of hydrogen-bond acceptors (Lipinski definition) is 4. The van der Waals surface area contributed by atoms with Gasteiger partial charge in [0.25, 0.3) is 0 Å². The predicted octanol–water partition coefficient (Wildman–Crippen LogP) is 2.68. The molecule has 8 heteroatoms. The maximum atomic E-state index is 13.0.